The van der Waals surface area contributed by atoms with E-state index in [2.05, 4.69) is 6.92 Å². The summed E-state index contributed by atoms with van der Waals surface area (Å²) in [7, 11) is 0. The van der Waals surface area contributed by atoms with E-state index in [1.54, 1.807) is 0 Å². The molecule has 0 aromatic rings. The molecular weight excluding hydrogens is 224 g/mol. The standard InChI is InChI=1S/C16H34O2/c1-2-3-4-5-6-7-8-9-10-12-15-18-16-13-11-14-17/h17H,2-16H2,1H3. The molecule has 0 fully saturated rings. The average Bonchev–Trinajstić information content (AvgIpc) is 2.39. The van der Waals surface area contributed by atoms with E-state index in [1.807, 2.05) is 0 Å². The van der Waals surface area contributed by atoms with Gasteiger partial charge < -0.3 is 9.84 Å². The van der Waals surface area contributed by atoms with Gasteiger partial charge in [-0.1, -0.05) is 64.7 Å². The van der Waals surface area contributed by atoms with Crippen molar-refractivity contribution in [2.45, 2.75) is 84.0 Å². The second-order valence-corrected chi connectivity index (χ2v) is 5.23. The van der Waals surface area contributed by atoms with Gasteiger partial charge in [-0.3, -0.25) is 0 Å². The number of unbranched alkanes of at least 4 members (excludes halogenated alkanes) is 10. The summed E-state index contributed by atoms with van der Waals surface area (Å²) < 4.78 is 5.50. The second-order valence-electron chi connectivity index (χ2n) is 5.23. The van der Waals surface area contributed by atoms with Crippen LogP contribution in [0, 0.1) is 0 Å². The second kappa shape index (κ2) is 16.9. The van der Waals surface area contributed by atoms with Crippen LogP contribution in [0.5, 0.6) is 0 Å². The van der Waals surface area contributed by atoms with E-state index in [0.717, 1.165) is 26.1 Å². The Morgan fingerprint density at radius 3 is 1.56 bits per heavy atom. The number of ether oxygens (including phenoxy) is 1. The Hall–Kier alpha value is -0.0800. The first-order chi connectivity index (χ1) is 8.91. The van der Waals surface area contributed by atoms with E-state index in [4.69, 9.17) is 9.84 Å². The van der Waals surface area contributed by atoms with E-state index in [1.165, 1.54) is 64.2 Å². The number of hydrogen-bond donors (Lipinski definition) is 1. The van der Waals surface area contributed by atoms with E-state index >= 15 is 0 Å². The molecule has 0 aromatic carbocycles. The van der Waals surface area contributed by atoms with Crippen LogP contribution in [-0.4, -0.2) is 24.9 Å². The minimum atomic E-state index is 0.293. The smallest absolute Gasteiger partial charge is 0.0466 e. The van der Waals surface area contributed by atoms with Gasteiger partial charge in [-0.2, -0.15) is 0 Å². The maximum absolute atomic E-state index is 8.60. The number of aliphatic hydroxyl groups excluding tert-OH is 1. The lowest BCUT2D eigenvalue weighted by Gasteiger charge is -2.04. The molecule has 0 aliphatic heterocycles. The number of aliphatic hydroxyl groups is 1. The lowest BCUT2D eigenvalue weighted by atomic mass is 10.1. The molecule has 0 rings (SSSR count). The van der Waals surface area contributed by atoms with Gasteiger partial charge in [-0.05, 0) is 19.3 Å². The molecule has 0 aromatic heterocycles. The van der Waals surface area contributed by atoms with Crippen molar-refractivity contribution in [1.29, 1.82) is 0 Å². The molecule has 110 valence electrons. The van der Waals surface area contributed by atoms with Gasteiger partial charge >= 0.3 is 0 Å². The van der Waals surface area contributed by atoms with Crippen LogP contribution in [0.4, 0.5) is 0 Å². The molecule has 2 heteroatoms. The average molecular weight is 258 g/mol. The molecule has 1 N–H and O–H groups in total. The van der Waals surface area contributed by atoms with Gasteiger partial charge in [0.05, 0.1) is 0 Å². The van der Waals surface area contributed by atoms with Gasteiger partial charge in [0.15, 0.2) is 0 Å². The van der Waals surface area contributed by atoms with Crippen LogP contribution in [0.25, 0.3) is 0 Å². The van der Waals surface area contributed by atoms with Crippen LogP contribution in [0.15, 0.2) is 0 Å². The molecule has 0 aliphatic rings. The van der Waals surface area contributed by atoms with E-state index in [-0.39, 0.29) is 0 Å². The highest BCUT2D eigenvalue weighted by molar-refractivity contribution is 4.47. The fraction of sp³-hybridized carbons (Fsp3) is 1.00. The van der Waals surface area contributed by atoms with Crippen LogP contribution in [0.3, 0.4) is 0 Å². The highest BCUT2D eigenvalue weighted by Crippen LogP contribution is 2.10. The largest absolute Gasteiger partial charge is 0.396 e. The highest BCUT2D eigenvalue weighted by Gasteiger charge is 1.93. The van der Waals surface area contributed by atoms with Gasteiger partial charge in [-0.25, -0.2) is 0 Å². The van der Waals surface area contributed by atoms with Crippen LogP contribution in [0.2, 0.25) is 0 Å². The third-order valence-corrected chi connectivity index (χ3v) is 3.34. The summed E-state index contributed by atoms with van der Waals surface area (Å²) in [4.78, 5) is 0. The molecular formula is C16H34O2. The van der Waals surface area contributed by atoms with Crippen molar-refractivity contribution in [2.75, 3.05) is 19.8 Å². The first-order valence-corrected chi connectivity index (χ1v) is 8.10. The molecule has 0 saturated carbocycles. The Morgan fingerprint density at radius 2 is 1.06 bits per heavy atom. The molecule has 0 amide bonds. The summed E-state index contributed by atoms with van der Waals surface area (Å²) in [6, 6.07) is 0. The van der Waals surface area contributed by atoms with Crippen molar-refractivity contribution < 1.29 is 9.84 Å². The van der Waals surface area contributed by atoms with Crippen LogP contribution in [-0.2, 0) is 4.74 Å². The highest BCUT2D eigenvalue weighted by atomic mass is 16.5. The summed E-state index contributed by atoms with van der Waals surface area (Å²) in [6.07, 6.45) is 15.6. The van der Waals surface area contributed by atoms with Crippen molar-refractivity contribution in [3.63, 3.8) is 0 Å². The quantitative estimate of drug-likeness (QED) is 0.432. The summed E-state index contributed by atoms with van der Waals surface area (Å²) in [6.45, 7) is 4.29. The monoisotopic (exact) mass is 258 g/mol. The van der Waals surface area contributed by atoms with Crippen LogP contribution < -0.4 is 0 Å². The zero-order valence-electron chi connectivity index (χ0n) is 12.5. The van der Waals surface area contributed by atoms with Crippen molar-refractivity contribution in [3.8, 4) is 0 Å². The SMILES string of the molecule is CCCCCCCCCCCCOCCCCO. The van der Waals surface area contributed by atoms with Gasteiger partial charge in [0.25, 0.3) is 0 Å². The lowest BCUT2D eigenvalue weighted by Crippen LogP contribution is -1.98. The Labute approximate surface area is 114 Å². The molecule has 0 unspecified atom stereocenters. The first kappa shape index (κ1) is 17.9. The molecule has 18 heavy (non-hydrogen) atoms. The Balaban J connectivity index is 2.86. The molecule has 0 spiro atoms. The zero-order valence-corrected chi connectivity index (χ0v) is 12.5. The summed E-state index contributed by atoms with van der Waals surface area (Å²) >= 11 is 0. The maximum atomic E-state index is 8.60. The van der Waals surface area contributed by atoms with Crippen molar-refractivity contribution in [1.82, 2.24) is 0 Å². The van der Waals surface area contributed by atoms with Gasteiger partial charge in [0, 0.05) is 19.8 Å². The molecule has 0 bridgehead atoms. The third-order valence-electron chi connectivity index (χ3n) is 3.34. The molecule has 0 radical (unpaired) electrons. The van der Waals surface area contributed by atoms with Crippen LogP contribution in [0.1, 0.15) is 84.0 Å². The fourth-order valence-corrected chi connectivity index (χ4v) is 2.11. The van der Waals surface area contributed by atoms with Crippen molar-refractivity contribution in [2.24, 2.45) is 0 Å². The van der Waals surface area contributed by atoms with Crippen molar-refractivity contribution in [3.05, 3.63) is 0 Å². The molecule has 0 atom stereocenters. The van der Waals surface area contributed by atoms with Crippen LogP contribution >= 0.6 is 0 Å². The van der Waals surface area contributed by atoms with Gasteiger partial charge in [0.1, 0.15) is 0 Å². The van der Waals surface area contributed by atoms with E-state index in [0.29, 0.717) is 6.61 Å². The third kappa shape index (κ3) is 15.9. The minimum absolute atomic E-state index is 0.293. The summed E-state index contributed by atoms with van der Waals surface area (Å²) in [5.74, 6) is 0. The predicted octanol–water partition coefficient (Wildman–Crippen LogP) is 4.70. The Morgan fingerprint density at radius 1 is 0.611 bits per heavy atom. The normalized spacial score (nSPS) is 11.0. The molecule has 2 nitrogen and oxygen atoms in total. The maximum Gasteiger partial charge on any atom is 0.0466 e. The lowest BCUT2D eigenvalue weighted by molar-refractivity contribution is 0.121. The van der Waals surface area contributed by atoms with E-state index < -0.39 is 0 Å². The Kier molecular flexibility index (Phi) is 16.8. The molecule has 0 saturated heterocycles. The zero-order chi connectivity index (χ0) is 13.3. The minimum Gasteiger partial charge on any atom is -0.396 e. The van der Waals surface area contributed by atoms with Gasteiger partial charge in [0.2, 0.25) is 0 Å². The van der Waals surface area contributed by atoms with Gasteiger partial charge in [-0.15, -0.1) is 0 Å². The summed E-state index contributed by atoms with van der Waals surface area (Å²) in [5, 5.41) is 8.60. The first-order valence-electron chi connectivity index (χ1n) is 8.10. The predicted molar refractivity (Wildman–Crippen MR) is 79.0 cm³/mol. The molecule has 0 heterocycles. The number of rotatable bonds is 15. The number of hydrogen-bond acceptors (Lipinski definition) is 2. The molecule has 0 aliphatic carbocycles. The van der Waals surface area contributed by atoms with Crippen molar-refractivity contribution >= 4 is 0 Å². The summed E-state index contributed by atoms with van der Waals surface area (Å²) in [5.41, 5.74) is 0. The topological polar surface area (TPSA) is 29.5 Å². The fourth-order valence-electron chi connectivity index (χ4n) is 2.11. The van der Waals surface area contributed by atoms with E-state index in [9.17, 15) is 0 Å². The Bertz CT molecular complexity index is 121.